The molecule has 0 aromatic heterocycles. The molecule has 4 nitrogen and oxygen atoms in total. The van der Waals surface area contributed by atoms with Gasteiger partial charge in [0.15, 0.2) is 0 Å². The number of ether oxygens (including phenoxy) is 2. The maximum Gasteiger partial charge on any atom is 0.419 e. The van der Waals surface area contributed by atoms with Crippen LogP contribution in [0.5, 0.6) is 11.5 Å². The van der Waals surface area contributed by atoms with Crippen LogP contribution in [-0.4, -0.2) is 16.7 Å². The molecule has 1 aliphatic heterocycles. The van der Waals surface area contributed by atoms with Gasteiger partial charge in [-0.3, -0.25) is 4.79 Å². The lowest BCUT2D eigenvalue weighted by molar-refractivity contribution is -0.141. The Morgan fingerprint density at radius 1 is 1.30 bits per heavy atom. The molecule has 0 spiro atoms. The summed E-state index contributed by atoms with van der Waals surface area (Å²) in [6, 6.07) is 7.03. The van der Waals surface area contributed by atoms with Crippen molar-refractivity contribution in [3.05, 3.63) is 57.6 Å². The smallest absolute Gasteiger partial charge is 0.419 e. The lowest BCUT2D eigenvalue weighted by atomic mass is 9.99. The topological polar surface area (TPSA) is 55.8 Å². The highest BCUT2D eigenvalue weighted by molar-refractivity contribution is 6.30. The van der Waals surface area contributed by atoms with Crippen molar-refractivity contribution in [3.63, 3.8) is 0 Å². The van der Waals surface area contributed by atoms with Gasteiger partial charge in [0.05, 0.1) is 11.5 Å². The summed E-state index contributed by atoms with van der Waals surface area (Å²) in [6.45, 7) is 5.14. The van der Waals surface area contributed by atoms with E-state index in [9.17, 15) is 18.0 Å². The fraction of sp³-hybridized carbons (Fsp3) is 0.409. The number of benzene rings is 2. The largest absolute Gasteiger partial charge is 0.488 e. The highest BCUT2D eigenvalue weighted by Gasteiger charge is 2.36. The molecule has 0 amide bonds. The van der Waals surface area contributed by atoms with Gasteiger partial charge >= 0.3 is 12.1 Å². The van der Waals surface area contributed by atoms with Crippen molar-refractivity contribution >= 4 is 17.6 Å². The molecular formula is C22H22ClF3O4. The number of halogens is 4. The Bertz CT molecular complexity index is 970. The monoisotopic (exact) mass is 442 g/mol. The number of carboxylic acids is 1. The zero-order valence-electron chi connectivity index (χ0n) is 16.8. The highest BCUT2D eigenvalue weighted by Crippen LogP contribution is 2.41. The van der Waals surface area contributed by atoms with Crippen molar-refractivity contribution in [1.82, 2.24) is 0 Å². The summed E-state index contributed by atoms with van der Waals surface area (Å²) in [5, 5.41) is 9.46. The molecule has 1 N–H and O–H groups in total. The maximum absolute atomic E-state index is 13.6. The molecule has 0 bridgehead atoms. The number of hydrogen-bond acceptors (Lipinski definition) is 3. The molecule has 0 aliphatic carbocycles. The van der Waals surface area contributed by atoms with Gasteiger partial charge in [-0.25, -0.2) is 0 Å². The lowest BCUT2D eigenvalue weighted by Gasteiger charge is -2.19. The minimum Gasteiger partial charge on any atom is -0.488 e. The van der Waals surface area contributed by atoms with E-state index in [4.69, 9.17) is 26.2 Å². The summed E-state index contributed by atoms with van der Waals surface area (Å²) in [6.07, 6.45) is -4.02. The fourth-order valence-electron chi connectivity index (χ4n) is 3.50. The van der Waals surface area contributed by atoms with Crippen molar-refractivity contribution in [2.75, 3.05) is 0 Å². The van der Waals surface area contributed by atoms with Crippen molar-refractivity contribution in [3.8, 4) is 11.5 Å². The molecule has 1 atom stereocenters. The summed E-state index contributed by atoms with van der Waals surface area (Å²) in [7, 11) is 0. The van der Waals surface area contributed by atoms with Crippen molar-refractivity contribution < 1.29 is 32.5 Å². The highest BCUT2D eigenvalue weighted by atomic mass is 35.5. The maximum atomic E-state index is 13.6. The molecule has 1 heterocycles. The minimum atomic E-state index is -4.65. The first-order valence-corrected chi connectivity index (χ1v) is 9.79. The van der Waals surface area contributed by atoms with Gasteiger partial charge in [0.1, 0.15) is 23.7 Å². The Labute approximate surface area is 177 Å². The number of fused-ring (bicyclic) bond motifs is 1. The van der Waals surface area contributed by atoms with E-state index in [2.05, 4.69) is 0 Å². The van der Waals surface area contributed by atoms with Gasteiger partial charge in [0, 0.05) is 17.0 Å². The van der Waals surface area contributed by atoms with E-state index in [0.29, 0.717) is 22.8 Å². The summed E-state index contributed by atoms with van der Waals surface area (Å²) in [5.41, 5.74) is 0.359. The number of hydrogen-bond donors (Lipinski definition) is 1. The lowest BCUT2D eigenvalue weighted by Crippen LogP contribution is -2.25. The van der Waals surface area contributed by atoms with Crippen LogP contribution in [0.4, 0.5) is 13.2 Å². The predicted molar refractivity (Wildman–Crippen MR) is 106 cm³/mol. The zero-order valence-corrected chi connectivity index (χ0v) is 17.5. The number of carbonyl (C=O) groups is 1. The molecule has 0 fully saturated rings. The third-order valence-corrected chi connectivity index (χ3v) is 5.12. The van der Waals surface area contributed by atoms with Crippen LogP contribution < -0.4 is 9.47 Å². The molecule has 0 saturated heterocycles. The molecule has 2 aromatic rings. The molecule has 0 unspecified atom stereocenters. The average Bonchev–Trinajstić information content (AvgIpc) is 2.93. The van der Waals surface area contributed by atoms with Crippen LogP contribution in [-0.2, 0) is 30.4 Å². The first-order valence-electron chi connectivity index (χ1n) is 9.42. The van der Waals surface area contributed by atoms with Crippen molar-refractivity contribution in [1.29, 1.82) is 0 Å². The molecule has 0 saturated carbocycles. The van der Waals surface area contributed by atoms with Gasteiger partial charge < -0.3 is 14.6 Å². The molecule has 30 heavy (non-hydrogen) atoms. The van der Waals surface area contributed by atoms with Crippen molar-refractivity contribution in [2.24, 2.45) is 5.92 Å². The predicted octanol–water partition coefficient (Wildman–Crippen LogP) is 5.91. The zero-order chi connectivity index (χ0) is 22.3. The van der Waals surface area contributed by atoms with E-state index in [1.807, 2.05) is 13.8 Å². The molecule has 1 aliphatic rings. The van der Waals surface area contributed by atoms with Crippen LogP contribution in [0.2, 0.25) is 5.02 Å². The first kappa shape index (κ1) is 22.3. The second-order valence-corrected chi connectivity index (χ2v) is 8.59. The van der Waals surface area contributed by atoms with Crippen LogP contribution in [0.3, 0.4) is 0 Å². The Kier molecular flexibility index (Phi) is 5.96. The van der Waals surface area contributed by atoms with Gasteiger partial charge in [-0.15, -0.1) is 0 Å². The van der Waals surface area contributed by atoms with Gasteiger partial charge in [-0.2, -0.15) is 13.2 Å². The van der Waals surface area contributed by atoms with Crippen LogP contribution in [0.25, 0.3) is 0 Å². The third kappa shape index (κ3) is 5.01. The van der Waals surface area contributed by atoms with Gasteiger partial charge in [0.25, 0.3) is 0 Å². The SMILES string of the molecule is C[C@H](Cc1ccc(OCc2cc(Cl)cc3c2OC(C)(C)C3)c(C(F)(F)F)c1)C(=O)O. The van der Waals surface area contributed by atoms with Crippen LogP contribution in [0, 0.1) is 5.92 Å². The summed E-state index contributed by atoms with van der Waals surface area (Å²) in [4.78, 5) is 11.0. The molecule has 2 aromatic carbocycles. The minimum absolute atomic E-state index is 0.0105. The number of rotatable bonds is 6. The van der Waals surface area contributed by atoms with E-state index < -0.39 is 29.2 Å². The average molecular weight is 443 g/mol. The Hall–Kier alpha value is -2.41. The molecule has 0 radical (unpaired) electrons. The Morgan fingerprint density at radius 2 is 2.00 bits per heavy atom. The van der Waals surface area contributed by atoms with E-state index in [-0.39, 0.29) is 24.3 Å². The summed E-state index contributed by atoms with van der Waals surface area (Å²) in [5.74, 6) is -1.61. The van der Waals surface area contributed by atoms with E-state index in [0.717, 1.165) is 11.6 Å². The third-order valence-electron chi connectivity index (χ3n) is 4.90. The van der Waals surface area contributed by atoms with Gasteiger partial charge in [-0.05, 0) is 55.7 Å². The molecular weight excluding hydrogens is 421 g/mol. The van der Waals surface area contributed by atoms with E-state index >= 15 is 0 Å². The van der Waals surface area contributed by atoms with Crippen LogP contribution in [0.1, 0.15) is 43.0 Å². The second-order valence-electron chi connectivity index (χ2n) is 8.15. The van der Waals surface area contributed by atoms with E-state index in [1.165, 1.54) is 19.1 Å². The summed E-state index contributed by atoms with van der Waals surface area (Å²) >= 11 is 6.16. The van der Waals surface area contributed by atoms with E-state index in [1.54, 1.807) is 12.1 Å². The number of aliphatic carboxylic acids is 1. The number of alkyl halides is 3. The van der Waals surface area contributed by atoms with Gasteiger partial charge in [-0.1, -0.05) is 24.6 Å². The molecule has 3 rings (SSSR count). The van der Waals surface area contributed by atoms with Crippen LogP contribution in [0.15, 0.2) is 30.3 Å². The Morgan fingerprint density at radius 3 is 2.63 bits per heavy atom. The molecule has 8 heteroatoms. The van der Waals surface area contributed by atoms with Gasteiger partial charge in [0.2, 0.25) is 0 Å². The fourth-order valence-corrected chi connectivity index (χ4v) is 3.76. The number of carboxylic acid groups (broad SMARTS) is 1. The second kappa shape index (κ2) is 8.02. The standard InChI is InChI=1S/C22H22ClF3O4/c1-12(20(27)28)6-13-4-5-18(17(7-13)22(24,25)26)29-11-15-9-16(23)8-14-10-21(2,3)30-19(14)15/h4-5,7-9,12H,6,10-11H2,1-3H3,(H,27,28)/t12-/m1/s1. The quantitative estimate of drug-likeness (QED) is 0.603. The van der Waals surface area contributed by atoms with Crippen LogP contribution >= 0.6 is 11.6 Å². The molecule has 162 valence electrons. The summed E-state index contributed by atoms with van der Waals surface area (Å²) < 4.78 is 52.2. The normalized spacial score (nSPS) is 16.0. The Balaban J connectivity index is 1.87. The first-order chi connectivity index (χ1) is 13.9. The van der Waals surface area contributed by atoms with Crippen molar-refractivity contribution in [2.45, 2.75) is 52.0 Å².